The number of anilines is 1. The van der Waals surface area contributed by atoms with E-state index in [-0.39, 0.29) is 0 Å². The average Bonchev–Trinajstić information content (AvgIpc) is 2.67. The fourth-order valence-corrected chi connectivity index (χ4v) is 2.20. The molecular formula is C20H19N3O. The predicted octanol–water partition coefficient (Wildman–Crippen LogP) is 4.39. The Morgan fingerprint density at radius 2 is 1.42 bits per heavy atom. The number of nitrogens with one attached hydrogen (secondary N) is 2. The predicted molar refractivity (Wildman–Crippen MR) is 98.8 cm³/mol. The number of hydrazine groups is 1. The van der Waals surface area contributed by atoms with Crippen molar-refractivity contribution < 1.29 is 4.74 Å². The van der Waals surface area contributed by atoms with Crippen LogP contribution in [0.25, 0.3) is 0 Å². The van der Waals surface area contributed by atoms with Crippen LogP contribution in [0.3, 0.4) is 0 Å². The van der Waals surface area contributed by atoms with Gasteiger partial charge in [-0.3, -0.25) is 10.9 Å². The van der Waals surface area contributed by atoms with Crippen LogP contribution in [-0.4, -0.2) is 12.9 Å². The van der Waals surface area contributed by atoms with Crippen molar-refractivity contribution in [3.63, 3.8) is 0 Å². The fraction of sp³-hybridized carbons (Fsp3) is 0.0500. The molecule has 4 heteroatoms. The lowest BCUT2D eigenvalue weighted by molar-refractivity contribution is 0.415. The van der Waals surface area contributed by atoms with Gasteiger partial charge in [-0.05, 0) is 36.4 Å². The lowest BCUT2D eigenvalue weighted by atomic mass is 10.2. The third-order valence-electron chi connectivity index (χ3n) is 3.46. The van der Waals surface area contributed by atoms with Gasteiger partial charge in [-0.15, -0.1) is 0 Å². The largest absolute Gasteiger partial charge is 0.497 e. The van der Waals surface area contributed by atoms with Gasteiger partial charge in [0.1, 0.15) is 5.75 Å². The summed E-state index contributed by atoms with van der Waals surface area (Å²) in [6.07, 6.45) is 0. The molecule has 0 fully saturated rings. The van der Waals surface area contributed by atoms with Crippen LogP contribution in [0.4, 0.5) is 11.4 Å². The van der Waals surface area contributed by atoms with Crippen LogP contribution in [0.2, 0.25) is 0 Å². The minimum absolute atomic E-state index is 0.740. The highest BCUT2D eigenvalue weighted by Crippen LogP contribution is 2.18. The molecule has 0 amide bonds. The molecule has 4 nitrogen and oxygen atoms in total. The summed E-state index contributed by atoms with van der Waals surface area (Å²) in [7, 11) is 1.65. The fourth-order valence-electron chi connectivity index (χ4n) is 2.20. The number of methoxy groups -OCH3 is 1. The molecule has 0 atom stereocenters. The Morgan fingerprint density at radius 1 is 0.792 bits per heavy atom. The normalized spacial score (nSPS) is 11.0. The summed E-state index contributed by atoms with van der Waals surface area (Å²) >= 11 is 0. The number of amidine groups is 1. The van der Waals surface area contributed by atoms with Gasteiger partial charge in [-0.2, -0.15) is 0 Å². The van der Waals surface area contributed by atoms with Crippen LogP contribution in [0.5, 0.6) is 5.75 Å². The molecule has 0 aromatic heterocycles. The summed E-state index contributed by atoms with van der Waals surface area (Å²) in [5, 5.41) is 0. The molecule has 0 unspecified atom stereocenters. The smallest absolute Gasteiger partial charge is 0.152 e. The highest BCUT2D eigenvalue weighted by molar-refractivity contribution is 6.00. The summed E-state index contributed by atoms with van der Waals surface area (Å²) in [6.45, 7) is 0. The average molecular weight is 317 g/mol. The van der Waals surface area contributed by atoms with E-state index in [0.29, 0.717) is 0 Å². The van der Waals surface area contributed by atoms with Gasteiger partial charge in [0.25, 0.3) is 0 Å². The number of para-hydroxylation sites is 1. The first-order valence-electron chi connectivity index (χ1n) is 7.70. The Bertz CT molecular complexity index is 784. The number of hydrogen-bond donors (Lipinski definition) is 2. The van der Waals surface area contributed by atoms with Gasteiger partial charge in [0.2, 0.25) is 0 Å². The molecule has 0 aliphatic carbocycles. The van der Waals surface area contributed by atoms with E-state index in [4.69, 9.17) is 9.73 Å². The maximum atomic E-state index is 5.19. The molecule has 3 aromatic carbocycles. The molecular weight excluding hydrogens is 298 g/mol. The monoisotopic (exact) mass is 317 g/mol. The molecule has 0 saturated carbocycles. The third-order valence-corrected chi connectivity index (χ3v) is 3.46. The summed E-state index contributed by atoms with van der Waals surface area (Å²) in [4.78, 5) is 4.71. The summed E-state index contributed by atoms with van der Waals surface area (Å²) in [5.74, 6) is 1.55. The van der Waals surface area contributed by atoms with E-state index in [1.807, 2.05) is 84.9 Å². The number of hydrogen-bond acceptors (Lipinski definition) is 3. The Kier molecular flexibility index (Phi) is 5.10. The van der Waals surface area contributed by atoms with Gasteiger partial charge in [0, 0.05) is 5.56 Å². The van der Waals surface area contributed by atoms with Gasteiger partial charge in [0.05, 0.1) is 18.5 Å². The zero-order valence-corrected chi connectivity index (χ0v) is 13.4. The van der Waals surface area contributed by atoms with Crippen molar-refractivity contribution in [3.8, 4) is 5.75 Å². The van der Waals surface area contributed by atoms with Gasteiger partial charge in [-0.25, -0.2) is 4.99 Å². The number of aliphatic imine (C=N–C) groups is 1. The summed E-state index contributed by atoms with van der Waals surface area (Å²) in [5.41, 5.74) is 9.19. The maximum absolute atomic E-state index is 5.19. The molecule has 2 N–H and O–H groups in total. The Hall–Kier alpha value is -3.27. The van der Waals surface area contributed by atoms with E-state index < -0.39 is 0 Å². The van der Waals surface area contributed by atoms with Crippen molar-refractivity contribution in [2.45, 2.75) is 0 Å². The molecule has 0 aliphatic rings. The van der Waals surface area contributed by atoms with Gasteiger partial charge >= 0.3 is 0 Å². The summed E-state index contributed by atoms with van der Waals surface area (Å²) in [6, 6.07) is 27.5. The van der Waals surface area contributed by atoms with E-state index >= 15 is 0 Å². The van der Waals surface area contributed by atoms with Crippen LogP contribution in [0, 0.1) is 0 Å². The van der Waals surface area contributed by atoms with Crippen LogP contribution < -0.4 is 15.6 Å². The molecule has 24 heavy (non-hydrogen) atoms. The second-order valence-corrected chi connectivity index (χ2v) is 5.14. The minimum atomic E-state index is 0.740. The van der Waals surface area contributed by atoms with E-state index in [1.165, 1.54) is 0 Å². The van der Waals surface area contributed by atoms with Crippen molar-refractivity contribution >= 4 is 17.2 Å². The highest BCUT2D eigenvalue weighted by Gasteiger charge is 2.03. The molecule has 0 aliphatic heterocycles. The van der Waals surface area contributed by atoms with Crippen LogP contribution >= 0.6 is 0 Å². The quantitative estimate of drug-likeness (QED) is 0.417. The molecule has 0 heterocycles. The first kappa shape index (κ1) is 15.6. The van der Waals surface area contributed by atoms with Gasteiger partial charge in [-0.1, -0.05) is 48.5 Å². The Labute approximate surface area is 141 Å². The molecule has 0 radical (unpaired) electrons. The number of benzene rings is 3. The third kappa shape index (κ3) is 4.14. The molecule has 3 aromatic rings. The minimum Gasteiger partial charge on any atom is -0.497 e. The van der Waals surface area contributed by atoms with Crippen molar-refractivity contribution in [3.05, 3.63) is 90.5 Å². The van der Waals surface area contributed by atoms with Gasteiger partial charge in [0.15, 0.2) is 5.84 Å². The number of rotatable bonds is 5. The van der Waals surface area contributed by atoms with Crippen molar-refractivity contribution in [2.75, 3.05) is 12.5 Å². The second kappa shape index (κ2) is 7.83. The van der Waals surface area contributed by atoms with Crippen molar-refractivity contribution in [1.29, 1.82) is 0 Å². The van der Waals surface area contributed by atoms with Crippen molar-refractivity contribution in [2.24, 2.45) is 4.99 Å². The molecule has 0 saturated heterocycles. The van der Waals surface area contributed by atoms with E-state index in [9.17, 15) is 0 Å². The highest BCUT2D eigenvalue weighted by atomic mass is 16.5. The van der Waals surface area contributed by atoms with Crippen LogP contribution in [0.1, 0.15) is 5.56 Å². The molecule has 3 rings (SSSR count). The van der Waals surface area contributed by atoms with Gasteiger partial charge < -0.3 is 4.74 Å². The first-order chi connectivity index (χ1) is 11.8. The van der Waals surface area contributed by atoms with E-state index in [1.54, 1.807) is 7.11 Å². The topological polar surface area (TPSA) is 45.6 Å². The molecule has 0 bridgehead atoms. The van der Waals surface area contributed by atoms with E-state index in [0.717, 1.165) is 28.5 Å². The Morgan fingerprint density at radius 3 is 2.04 bits per heavy atom. The van der Waals surface area contributed by atoms with Crippen LogP contribution in [-0.2, 0) is 0 Å². The van der Waals surface area contributed by atoms with Crippen molar-refractivity contribution in [1.82, 2.24) is 5.43 Å². The lowest BCUT2D eigenvalue weighted by Gasteiger charge is -2.13. The zero-order chi connectivity index (χ0) is 16.6. The van der Waals surface area contributed by atoms with E-state index in [2.05, 4.69) is 10.9 Å². The zero-order valence-electron chi connectivity index (χ0n) is 13.4. The lowest BCUT2D eigenvalue weighted by Crippen LogP contribution is -2.30. The number of ether oxygens (including phenoxy) is 1. The first-order valence-corrected chi connectivity index (χ1v) is 7.70. The molecule has 0 spiro atoms. The SMILES string of the molecule is COc1ccc(N=C(NNc2ccccc2)c2ccccc2)cc1. The standard InChI is InChI=1S/C20H19N3O/c1-24-19-14-12-17(13-15-19)21-20(16-8-4-2-5-9-16)23-22-18-10-6-3-7-11-18/h2-15,22H,1H3,(H,21,23). The Balaban J connectivity index is 1.85. The maximum Gasteiger partial charge on any atom is 0.152 e. The summed E-state index contributed by atoms with van der Waals surface area (Å²) < 4.78 is 5.19. The number of nitrogens with zero attached hydrogens (tertiary/aromatic N) is 1. The molecule has 120 valence electrons. The second-order valence-electron chi connectivity index (χ2n) is 5.14. The van der Waals surface area contributed by atoms with Crippen LogP contribution in [0.15, 0.2) is 89.9 Å².